The zero-order valence-corrected chi connectivity index (χ0v) is 11.8. The quantitative estimate of drug-likeness (QED) is 0.621. The normalized spacial score (nSPS) is 19.4. The number of nitrogens with one attached hydrogen (secondary N) is 1. The third kappa shape index (κ3) is 7.05. The van der Waals surface area contributed by atoms with Crippen molar-refractivity contribution in [1.29, 1.82) is 0 Å². The van der Waals surface area contributed by atoms with Crippen LogP contribution in [0.15, 0.2) is 0 Å². The second kappa shape index (κ2) is 9.90. The molecule has 0 spiro atoms. The third-order valence-corrected chi connectivity index (χ3v) is 3.84. The number of ether oxygens (including phenoxy) is 1. The third-order valence-electron chi connectivity index (χ3n) is 3.84. The largest absolute Gasteiger partial charge is 0.382 e. The number of hydrogen-bond acceptors (Lipinski definition) is 2. The van der Waals surface area contributed by atoms with Crippen LogP contribution in [0.4, 0.5) is 0 Å². The fourth-order valence-corrected chi connectivity index (χ4v) is 2.85. The standard InChI is InChI=1S/C15H31NO/c1-3-11-16-15(10-12-17-4-2)13-14-8-6-5-7-9-14/h14-16H,3-13H2,1-2H3. The Morgan fingerprint density at radius 2 is 1.94 bits per heavy atom. The minimum atomic E-state index is 0.685. The molecule has 1 rings (SSSR count). The van der Waals surface area contributed by atoms with Crippen molar-refractivity contribution in [1.82, 2.24) is 5.32 Å². The summed E-state index contributed by atoms with van der Waals surface area (Å²) in [7, 11) is 0. The average Bonchev–Trinajstić information content (AvgIpc) is 2.37. The molecule has 2 nitrogen and oxygen atoms in total. The van der Waals surface area contributed by atoms with Gasteiger partial charge in [0, 0.05) is 19.3 Å². The molecule has 1 atom stereocenters. The molecule has 2 heteroatoms. The summed E-state index contributed by atoms with van der Waals surface area (Å²) in [6, 6.07) is 0.685. The molecule has 0 aromatic rings. The molecule has 1 saturated carbocycles. The maximum atomic E-state index is 5.49. The molecule has 1 N–H and O–H groups in total. The van der Waals surface area contributed by atoms with E-state index in [1.165, 1.54) is 51.4 Å². The van der Waals surface area contributed by atoms with Crippen molar-refractivity contribution in [3.63, 3.8) is 0 Å². The molecule has 0 amide bonds. The van der Waals surface area contributed by atoms with Crippen molar-refractivity contribution in [2.75, 3.05) is 19.8 Å². The Balaban J connectivity index is 2.22. The van der Waals surface area contributed by atoms with Crippen molar-refractivity contribution < 1.29 is 4.74 Å². The fourth-order valence-electron chi connectivity index (χ4n) is 2.85. The lowest BCUT2D eigenvalue weighted by Gasteiger charge is -2.27. The first-order valence-corrected chi connectivity index (χ1v) is 7.68. The van der Waals surface area contributed by atoms with Gasteiger partial charge in [-0.25, -0.2) is 0 Å². The van der Waals surface area contributed by atoms with Crippen LogP contribution >= 0.6 is 0 Å². The first-order chi connectivity index (χ1) is 8.36. The predicted molar refractivity (Wildman–Crippen MR) is 74.4 cm³/mol. The molecular weight excluding hydrogens is 210 g/mol. The van der Waals surface area contributed by atoms with E-state index in [0.29, 0.717) is 6.04 Å². The highest BCUT2D eigenvalue weighted by Gasteiger charge is 2.18. The Kier molecular flexibility index (Phi) is 8.72. The van der Waals surface area contributed by atoms with Gasteiger partial charge < -0.3 is 10.1 Å². The van der Waals surface area contributed by atoms with Gasteiger partial charge >= 0.3 is 0 Å². The van der Waals surface area contributed by atoms with E-state index < -0.39 is 0 Å². The Morgan fingerprint density at radius 3 is 2.59 bits per heavy atom. The zero-order chi connectivity index (χ0) is 12.3. The highest BCUT2D eigenvalue weighted by atomic mass is 16.5. The molecule has 17 heavy (non-hydrogen) atoms. The minimum absolute atomic E-state index is 0.685. The molecule has 0 heterocycles. The predicted octanol–water partition coefficient (Wildman–Crippen LogP) is 3.75. The van der Waals surface area contributed by atoms with Gasteiger partial charge in [-0.15, -0.1) is 0 Å². The van der Waals surface area contributed by atoms with Gasteiger partial charge in [0.2, 0.25) is 0 Å². The smallest absolute Gasteiger partial charge is 0.0480 e. The SMILES string of the molecule is CCCNC(CCOCC)CC1CCCCC1. The van der Waals surface area contributed by atoms with E-state index >= 15 is 0 Å². The van der Waals surface area contributed by atoms with E-state index in [1.54, 1.807) is 0 Å². The first kappa shape index (κ1) is 15.0. The molecule has 1 fully saturated rings. The summed E-state index contributed by atoms with van der Waals surface area (Å²) in [6.07, 6.45) is 11.1. The van der Waals surface area contributed by atoms with E-state index in [-0.39, 0.29) is 0 Å². The van der Waals surface area contributed by atoms with Gasteiger partial charge in [0.25, 0.3) is 0 Å². The van der Waals surface area contributed by atoms with E-state index in [1.807, 2.05) is 0 Å². The van der Waals surface area contributed by atoms with Crippen LogP contribution < -0.4 is 5.32 Å². The Morgan fingerprint density at radius 1 is 1.18 bits per heavy atom. The van der Waals surface area contributed by atoms with Crippen molar-refractivity contribution in [2.24, 2.45) is 5.92 Å². The highest BCUT2D eigenvalue weighted by molar-refractivity contribution is 4.74. The van der Waals surface area contributed by atoms with Crippen LogP contribution in [0.1, 0.15) is 65.2 Å². The van der Waals surface area contributed by atoms with Crippen LogP contribution in [-0.4, -0.2) is 25.8 Å². The summed E-state index contributed by atoms with van der Waals surface area (Å²) >= 11 is 0. The van der Waals surface area contributed by atoms with Crippen molar-refractivity contribution in [2.45, 2.75) is 71.3 Å². The van der Waals surface area contributed by atoms with Gasteiger partial charge in [0.1, 0.15) is 0 Å². The summed E-state index contributed by atoms with van der Waals surface area (Å²) in [6.45, 7) is 7.25. The summed E-state index contributed by atoms with van der Waals surface area (Å²) in [5.41, 5.74) is 0. The monoisotopic (exact) mass is 241 g/mol. The molecule has 0 bridgehead atoms. The molecule has 0 saturated heterocycles. The molecule has 1 aliphatic rings. The van der Waals surface area contributed by atoms with Crippen LogP contribution in [0.2, 0.25) is 0 Å². The summed E-state index contributed by atoms with van der Waals surface area (Å²) in [5.74, 6) is 0.972. The second-order valence-corrected chi connectivity index (χ2v) is 5.38. The van der Waals surface area contributed by atoms with E-state index in [9.17, 15) is 0 Å². The number of hydrogen-bond donors (Lipinski definition) is 1. The zero-order valence-electron chi connectivity index (χ0n) is 11.8. The average molecular weight is 241 g/mol. The van der Waals surface area contributed by atoms with Gasteiger partial charge in [-0.1, -0.05) is 39.0 Å². The fraction of sp³-hybridized carbons (Fsp3) is 1.00. The molecule has 0 aliphatic heterocycles. The molecule has 0 radical (unpaired) electrons. The van der Waals surface area contributed by atoms with Crippen LogP contribution in [0.5, 0.6) is 0 Å². The molecule has 0 aromatic heterocycles. The summed E-state index contributed by atoms with van der Waals surface area (Å²) < 4.78 is 5.49. The van der Waals surface area contributed by atoms with E-state index in [4.69, 9.17) is 4.74 Å². The van der Waals surface area contributed by atoms with Gasteiger partial charge in [0.15, 0.2) is 0 Å². The summed E-state index contributed by atoms with van der Waals surface area (Å²) in [5, 5.41) is 3.70. The Labute approximate surface area is 108 Å². The van der Waals surface area contributed by atoms with Gasteiger partial charge in [-0.05, 0) is 38.6 Å². The maximum absolute atomic E-state index is 5.49. The maximum Gasteiger partial charge on any atom is 0.0480 e. The van der Waals surface area contributed by atoms with Gasteiger partial charge in [-0.3, -0.25) is 0 Å². The van der Waals surface area contributed by atoms with Crippen LogP contribution in [-0.2, 0) is 4.74 Å². The minimum Gasteiger partial charge on any atom is -0.382 e. The van der Waals surface area contributed by atoms with Crippen molar-refractivity contribution in [3.05, 3.63) is 0 Å². The first-order valence-electron chi connectivity index (χ1n) is 7.68. The van der Waals surface area contributed by atoms with E-state index in [0.717, 1.165) is 25.7 Å². The molecule has 0 aromatic carbocycles. The molecular formula is C15H31NO. The van der Waals surface area contributed by atoms with Crippen LogP contribution in [0, 0.1) is 5.92 Å². The number of rotatable bonds is 9. The van der Waals surface area contributed by atoms with Crippen molar-refractivity contribution in [3.8, 4) is 0 Å². The highest BCUT2D eigenvalue weighted by Crippen LogP contribution is 2.27. The van der Waals surface area contributed by atoms with Crippen LogP contribution in [0.25, 0.3) is 0 Å². The Bertz CT molecular complexity index is 166. The van der Waals surface area contributed by atoms with Gasteiger partial charge in [-0.2, -0.15) is 0 Å². The molecule has 1 unspecified atom stereocenters. The van der Waals surface area contributed by atoms with Crippen molar-refractivity contribution >= 4 is 0 Å². The van der Waals surface area contributed by atoms with Crippen LogP contribution in [0.3, 0.4) is 0 Å². The second-order valence-electron chi connectivity index (χ2n) is 5.38. The van der Waals surface area contributed by atoms with Gasteiger partial charge in [0.05, 0.1) is 0 Å². The van der Waals surface area contributed by atoms with E-state index in [2.05, 4.69) is 19.2 Å². The Hall–Kier alpha value is -0.0800. The topological polar surface area (TPSA) is 21.3 Å². The lowest BCUT2D eigenvalue weighted by atomic mass is 9.84. The molecule has 102 valence electrons. The lowest BCUT2D eigenvalue weighted by molar-refractivity contribution is 0.131. The molecule has 1 aliphatic carbocycles. The lowest BCUT2D eigenvalue weighted by Crippen LogP contribution is -2.33. The summed E-state index contributed by atoms with van der Waals surface area (Å²) in [4.78, 5) is 0.